The van der Waals surface area contributed by atoms with E-state index in [0.29, 0.717) is 49.6 Å². The fourth-order valence-electron chi connectivity index (χ4n) is 4.64. The Morgan fingerprint density at radius 3 is 2.74 bits per heavy atom. The highest BCUT2D eigenvalue weighted by atomic mass is 19.1. The van der Waals surface area contributed by atoms with Crippen molar-refractivity contribution in [1.82, 2.24) is 19.8 Å². The minimum absolute atomic E-state index is 0.126. The molecule has 1 aliphatic carbocycles. The third-order valence-corrected chi connectivity index (χ3v) is 6.48. The van der Waals surface area contributed by atoms with Gasteiger partial charge >= 0.3 is 0 Å². The Bertz CT molecular complexity index is 1090. The van der Waals surface area contributed by atoms with Gasteiger partial charge in [-0.1, -0.05) is 6.07 Å². The summed E-state index contributed by atoms with van der Waals surface area (Å²) in [5.74, 6) is -0.000209. The summed E-state index contributed by atoms with van der Waals surface area (Å²) >= 11 is 0. The minimum Gasteiger partial charge on any atom is -0.336 e. The number of carbonyl (C=O) groups excluding carboxylic acids is 2. The summed E-state index contributed by atoms with van der Waals surface area (Å²) in [6.07, 6.45) is 4.80. The van der Waals surface area contributed by atoms with Crippen LogP contribution in [0, 0.1) is 11.7 Å². The molecule has 2 fully saturated rings. The molecule has 5 rings (SSSR count). The van der Waals surface area contributed by atoms with Crippen molar-refractivity contribution in [2.75, 3.05) is 13.1 Å². The average Bonchev–Trinajstić information content (AvgIpc) is 3.63. The van der Waals surface area contributed by atoms with Gasteiger partial charge in [0.15, 0.2) is 0 Å². The number of carbonyl (C=O) groups is 2. The van der Waals surface area contributed by atoms with Gasteiger partial charge < -0.3 is 14.8 Å². The molecule has 162 valence electrons. The lowest BCUT2D eigenvalue weighted by Gasteiger charge is -2.36. The van der Waals surface area contributed by atoms with E-state index in [4.69, 9.17) is 4.98 Å². The standard InChI is InChI=1S/C23H25FN4O3/c24-16-5-3-4-15(12-16)23(31)28-10-2-1-6-19(28)20-25-18-13-27(22(30)14-7-8-14)11-9-17(18)21(29)26-20/h3-5,12,14,19H,1-2,6-11,13H2,(H,25,26,29)/t19-/m1/s1. The van der Waals surface area contributed by atoms with Gasteiger partial charge in [-0.3, -0.25) is 14.4 Å². The molecule has 1 saturated carbocycles. The number of nitrogens with zero attached hydrogens (tertiary/aromatic N) is 3. The van der Waals surface area contributed by atoms with Crippen LogP contribution in [0.15, 0.2) is 29.1 Å². The van der Waals surface area contributed by atoms with Gasteiger partial charge in [0, 0.05) is 30.1 Å². The maximum absolute atomic E-state index is 13.7. The van der Waals surface area contributed by atoms with Crippen LogP contribution in [0.1, 0.15) is 65.6 Å². The van der Waals surface area contributed by atoms with Crippen molar-refractivity contribution >= 4 is 11.8 Å². The van der Waals surface area contributed by atoms with E-state index >= 15 is 0 Å². The molecule has 31 heavy (non-hydrogen) atoms. The van der Waals surface area contributed by atoms with Gasteiger partial charge in [-0.15, -0.1) is 0 Å². The molecule has 2 aliphatic heterocycles. The molecule has 7 nitrogen and oxygen atoms in total. The van der Waals surface area contributed by atoms with Crippen molar-refractivity contribution in [3.05, 3.63) is 63.1 Å². The number of piperidine rings is 1. The number of benzene rings is 1. The van der Waals surface area contributed by atoms with Crippen LogP contribution in [-0.2, 0) is 17.8 Å². The molecule has 2 aromatic rings. The van der Waals surface area contributed by atoms with E-state index in [1.54, 1.807) is 15.9 Å². The molecule has 1 atom stereocenters. The monoisotopic (exact) mass is 424 g/mol. The summed E-state index contributed by atoms with van der Waals surface area (Å²) in [5.41, 5.74) is 1.35. The first kappa shape index (κ1) is 19.9. The van der Waals surface area contributed by atoms with Gasteiger partial charge in [-0.25, -0.2) is 9.37 Å². The van der Waals surface area contributed by atoms with Gasteiger partial charge in [0.2, 0.25) is 5.91 Å². The first-order valence-electron chi connectivity index (χ1n) is 11.0. The van der Waals surface area contributed by atoms with E-state index in [0.717, 1.165) is 25.7 Å². The molecule has 0 bridgehead atoms. The van der Waals surface area contributed by atoms with E-state index in [2.05, 4.69) is 4.98 Å². The van der Waals surface area contributed by atoms with Gasteiger partial charge in [0.05, 0.1) is 18.3 Å². The molecular formula is C23H25FN4O3. The quantitative estimate of drug-likeness (QED) is 0.821. The van der Waals surface area contributed by atoms with Gasteiger partial charge in [-0.05, 0) is 56.7 Å². The number of likely N-dealkylation sites (tertiary alicyclic amines) is 1. The van der Waals surface area contributed by atoms with Crippen LogP contribution in [0.4, 0.5) is 4.39 Å². The molecule has 1 aromatic heterocycles. The fraction of sp³-hybridized carbons (Fsp3) is 0.478. The van der Waals surface area contributed by atoms with Crippen LogP contribution in [-0.4, -0.2) is 44.7 Å². The second-order valence-corrected chi connectivity index (χ2v) is 8.68. The molecule has 0 spiro atoms. The minimum atomic E-state index is -0.458. The van der Waals surface area contributed by atoms with Crippen molar-refractivity contribution in [3.8, 4) is 0 Å². The molecule has 3 heterocycles. The first-order valence-corrected chi connectivity index (χ1v) is 11.0. The smallest absolute Gasteiger partial charge is 0.254 e. The van der Waals surface area contributed by atoms with Crippen LogP contribution in [0.5, 0.6) is 0 Å². The predicted octanol–water partition coefficient (Wildman–Crippen LogP) is 2.57. The zero-order valence-corrected chi connectivity index (χ0v) is 17.3. The molecule has 2 amide bonds. The number of aromatic amines is 1. The topological polar surface area (TPSA) is 86.4 Å². The van der Waals surface area contributed by atoms with Crippen LogP contribution >= 0.6 is 0 Å². The van der Waals surface area contributed by atoms with Gasteiger partial charge in [-0.2, -0.15) is 0 Å². The molecule has 3 aliphatic rings. The highest BCUT2D eigenvalue weighted by molar-refractivity contribution is 5.94. The number of rotatable bonds is 3. The lowest BCUT2D eigenvalue weighted by molar-refractivity contribution is -0.133. The van der Waals surface area contributed by atoms with E-state index in [9.17, 15) is 18.8 Å². The number of aromatic nitrogens is 2. The van der Waals surface area contributed by atoms with E-state index in [1.807, 2.05) is 0 Å². The molecule has 1 N–H and O–H groups in total. The third kappa shape index (κ3) is 3.86. The summed E-state index contributed by atoms with van der Waals surface area (Å²) in [5, 5.41) is 0. The van der Waals surface area contributed by atoms with E-state index < -0.39 is 5.82 Å². The van der Waals surface area contributed by atoms with Crippen LogP contribution in [0.25, 0.3) is 0 Å². The van der Waals surface area contributed by atoms with E-state index in [-0.39, 0.29) is 34.9 Å². The van der Waals surface area contributed by atoms with Crippen molar-refractivity contribution in [2.45, 2.75) is 51.1 Å². The summed E-state index contributed by atoms with van der Waals surface area (Å²) < 4.78 is 13.7. The zero-order chi connectivity index (χ0) is 21.5. The Hall–Kier alpha value is -3.03. The number of fused-ring (bicyclic) bond motifs is 1. The summed E-state index contributed by atoms with van der Waals surface area (Å²) in [7, 11) is 0. The predicted molar refractivity (Wildman–Crippen MR) is 111 cm³/mol. The van der Waals surface area contributed by atoms with Crippen molar-refractivity contribution in [2.24, 2.45) is 5.92 Å². The van der Waals surface area contributed by atoms with Crippen LogP contribution in [0.3, 0.4) is 0 Å². The summed E-state index contributed by atoms with van der Waals surface area (Å²) in [6, 6.07) is 5.28. The average molecular weight is 424 g/mol. The highest BCUT2D eigenvalue weighted by Crippen LogP contribution is 2.33. The number of hydrogen-bond acceptors (Lipinski definition) is 4. The number of amides is 2. The Morgan fingerprint density at radius 1 is 1.13 bits per heavy atom. The van der Waals surface area contributed by atoms with Crippen LogP contribution < -0.4 is 5.56 Å². The normalized spacial score (nSPS) is 21.0. The van der Waals surface area contributed by atoms with Crippen molar-refractivity contribution < 1.29 is 14.0 Å². The SMILES string of the molecule is O=C(C1CC1)N1CCc2c(nc([C@H]3CCCCN3C(=O)c3cccc(F)c3)[nH]c2=O)C1. The molecule has 8 heteroatoms. The van der Waals surface area contributed by atoms with Gasteiger partial charge in [0.1, 0.15) is 11.6 Å². The molecule has 0 unspecified atom stereocenters. The largest absolute Gasteiger partial charge is 0.336 e. The Labute approximate surface area is 179 Å². The van der Waals surface area contributed by atoms with Crippen LogP contribution in [0.2, 0.25) is 0 Å². The van der Waals surface area contributed by atoms with E-state index in [1.165, 1.54) is 18.2 Å². The fourth-order valence-corrected chi connectivity index (χ4v) is 4.64. The maximum atomic E-state index is 13.7. The highest BCUT2D eigenvalue weighted by Gasteiger charge is 2.36. The Kier molecular flexibility index (Phi) is 5.08. The summed E-state index contributed by atoms with van der Waals surface area (Å²) in [4.78, 5) is 49.5. The lowest BCUT2D eigenvalue weighted by atomic mass is 9.99. The molecule has 0 radical (unpaired) electrons. The Balaban J connectivity index is 1.45. The van der Waals surface area contributed by atoms with Crippen molar-refractivity contribution in [3.63, 3.8) is 0 Å². The number of nitrogens with one attached hydrogen (secondary N) is 1. The zero-order valence-electron chi connectivity index (χ0n) is 17.3. The number of halogens is 1. The first-order chi connectivity index (χ1) is 15.0. The lowest BCUT2D eigenvalue weighted by Crippen LogP contribution is -2.42. The Morgan fingerprint density at radius 2 is 1.97 bits per heavy atom. The second kappa shape index (κ2) is 7.90. The molecule has 1 saturated heterocycles. The second-order valence-electron chi connectivity index (χ2n) is 8.68. The molecular weight excluding hydrogens is 399 g/mol. The maximum Gasteiger partial charge on any atom is 0.254 e. The number of H-pyrrole nitrogens is 1. The number of hydrogen-bond donors (Lipinski definition) is 1. The van der Waals surface area contributed by atoms with Gasteiger partial charge in [0.25, 0.3) is 11.5 Å². The summed E-state index contributed by atoms with van der Waals surface area (Å²) in [6.45, 7) is 1.40. The van der Waals surface area contributed by atoms with Crippen molar-refractivity contribution in [1.29, 1.82) is 0 Å². The third-order valence-electron chi connectivity index (χ3n) is 6.48. The molecule has 1 aromatic carbocycles.